The molecule has 8 nitrogen and oxygen atoms in total. The van der Waals surface area contributed by atoms with Crippen molar-refractivity contribution in [1.82, 2.24) is 14.7 Å². The van der Waals surface area contributed by atoms with Crippen LogP contribution in [-0.2, 0) is 4.79 Å². The minimum absolute atomic E-state index is 0.113. The molecule has 1 amide bonds. The molecule has 0 radical (unpaired) electrons. The fourth-order valence-corrected chi connectivity index (χ4v) is 6.49. The Morgan fingerprint density at radius 3 is 2.65 bits per heavy atom. The molecule has 6 rings (SSSR count). The summed E-state index contributed by atoms with van der Waals surface area (Å²) in [6.45, 7) is 11.4. The fourth-order valence-electron chi connectivity index (χ4n) is 6.19. The zero-order valence-corrected chi connectivity index (χ0v) is 23.2. The van der Waals surface area contributed by atoms with Crippen molar-refractivity contribution in [3.05, 3.63) is 59.1 Å². The Morgan fingerprint density at radius 2 is 1.98 bits per heavy atom. The summed E-state index contributed by atoms with van der Waals surface area (Å²) in [4.78, 5) is 25.2. The highest BCUT2D eigenvalue weighted by Crippen LogP contribution is 2.51. The SMILES string of the molecule is C=CC(=O)N1C[C@H](C)N(C2=NC(O)N3c4c2cc(Cl)c(-c2ccc(F)cc2F)c4OC[C@H]3CN2CCC2)C[C@H]1C. The van der Waals surface area contributed by atoms with Crippen LogP contribution in [0.2, 0.25) is 5.02 Å². The summed E-state index contributed by atoms with van der Waals surface area (Å²) in [5, 5.41) is 11.7. The summed E-state index contributed by atoms with van der Waals surface area (Å²) >= 11 is 6.84. The van der Waals surface area contributed by atoms with Gasteiger partial charge in [0.25, 0.3) is 0 Å². The lowest BCUT2D eigenvalue weighted by molar-refractivity contribution is -0.130. The summed E-state index contributed by atoms with van der Waals surface area (Å²) in [7, 11) is 0. The van der Waals surface area contributed by atoms with Gasteiger partial charge in [-0.3, -0.25) is 4.79 Å². The van der Waals surface area contributed by atoms with E-state index in [0.29, 0.717) is 48.0 Å². The number of halogens is 3. The van der Waals surface area contributed by atoms with E-state index in [1.54, 1.807) is 11.0 Å². The first-order chi connectivity index (χ1) is 19.2. The van der Waals surface area contributed by atoms with E-state index in [0.717, 1.165) is 25.6 Å². The van der Waals surface area contributed by atoms with Crippen molar-refractivity contribution < 1.29 is 23.4 Å². The lowest BCUT2D eigenvalue weighted by atomic mass is 9.94. The number of aliphatic hydroxyl groups is 1. The molecule has 1 N–H and O–H groups in total. The van der Waals surface area contributed by atoms with E-state index >= 15 is 4.39 Å². The summed E-state index contributed by atoms with van der Waals surface area (Å²) in [6.07, 6.45) is 1.23. The van der Waals surface area contributed by atoms with Crippen molar-refractivity contribution >= 4 is 29.0 Å². The molecular formula is C29H32ClF2N5O3. The number of aliphatic imine (C=N–C) groups is 1. The Hall–Kier alpha value is -3.21. The third kappa shape index (κ3) is 4.42. The summed E-state index contributed by atoms with van der Waals surface area (Å²) < 4.78 is 35.2. The van der Waals surface area contributed by atoms with E-state index in [1.807, 2.05) is 18.7 Å². The lowest BCUT2D eigenvalue weighted by Crippen LogP contribution is -2.62. The Bertz CT molecular complexity index is 1400. The number of anilines is 1. The normalized spacial score (nSPS) is 26.1. The number of ether oxygens (including phenoxy) is 1. The number of benzene rings is 2. The van der Waals surface area contributed by atoms with Crippen LogP contribution < -0.4 is 9.64 Å². The van der Waals surface area contributed by atoms with E-state index in [9.17, 15) is 14.3 Å². The smallest absolute Gasteiger partial charge is 0.246 e. The maximum absolute atomic E-state index is 15.1. The molecule has 212 valence electrons. The summed E-state index contributed by atoms with van der Waals surface area (Å²) in [5.41, 5.74) is 1.67. The molecule has 2 aromatic carbocycles. The maximum Gasteiger partial charge on any atom is 0.246 e. The molecule has 0 aromatic heterocycles. The van der Waals surface area contributed by atoms with Gasteiger partial charge in [0.05, 0.1) is 16.8 Å². The first-order valence-electron chi connectivity index (χ1n) is 13.6. The van der Waals surface area contributed by atoms with E-state index in [4.69, 9.17) is 21.3 Å². The largest absolute Gasteiger partial charge is 0.488 e. The van der Waals surface area contributed by atoms with Crippen molar-refractivity contribution in [3.63, 3.8) is 0 Å². The number of hydrogen-bond donors (Lipinski definition) is 1. The predicted octanol–water partition coefficient (Wildman–Crippen LogP) is 3.70. The van der Waals surface area contributed by atoms with Gasteiger partial charge >= 0.3 is 0 Å². The second-order valence-corrected chi connectivity index (χ2v) is 11.4. The van der Waals surface area contributed by atoms with Crippen LogP contribution in [-0.4, -0.2) is 95.4 Å². The number of hydrogen-bond acceptors (Lipinski definition) is 7. The molecule has 1 unspecified atom stereocenters. The first-order valence-corrected chi connectivity index (χ1v) is 14.0. The van der Waals surface area contributed by atoms with Gasteiger partial charge in [-0.2, -0.15) is 0 Å². The highest BCUT2D eigenvalue weighted by Gasteiger charge is 2.44. The Labute approximate surface area is 237 Å². The molecular weight excluding hydrogens is 540 g/mol. The number of rotatable bonds is 4. The molecule has 0 saturated carbocycles. The molecule has 11 heteroatoms. The number of carbonyl (C=O) groups excluding carboxylic acids is 1. The summed E-state index contributed by atoms with van der Waals surface area (Å²) in [5.74, 6) is -0.717. The Kier molecular flexibility index (Phi) is 6.96. The third-order valence-corrected chi connectivity index (χ3v) is 8.64. The minimum Gasteiger partial charge on any atom is -0.488 e. The van der Waals surface area contributed by atoms with E-state index in [-0.39, 0.29) is 41.2 Å². The molecule has 4 aliphatic rings. The van der Waals surface area contributed by atoms with E-state index in [2.05, 4.69) is 16.4 Å². The van der Waals surface area contributed by atoms with Crippen LogP contribution in [0.3, 0.4) is 0 Å². The molecule has 2 fully saturated rings. The van der Waals surface area contributed by atoms with Crippen LogP contribution >= 0.6 is 11.6 Å². The van der Waals surface area contributed by atoms with Crippen LogP contribution in [0, 0.1) is 11.6 Å². The minimum atomic E-state index is -1.21. The van der Waals surface area contributed by atoms with Crippen molar-refractivity contribution in [3.8, 4) is 16.9 Å². The zero-order chi connectivity index (χ0) is 28.3. The number of aliphatic hydroxyl groups excluding tert-OH is 1. The van der Waals surface area contributed by atoms with Gasteiger partial charge in [-0.05, 0) is 57.6 Å². The van der Waals surface area contributed by atoms with Crippen LogP contribution in [0.4, 0.5) is 14.5 Å². The highest BCUT2D eigenvalue weighted by atomic mass is 35.5. The van der Waals surface area contributed by atoms with E-state index in [1.165, 1.54) is 18.2 Å². The van der Waals surface area contributed by atoms with Crippen molar-refractivity contribution in [2.75, 3.05) is 44.2 Å². The number of nitrogens with zero attached hydrogens (tertiary/aromatic N) is 5. The van der Waals surface area contributed by atoms with Gasteiger partial charge in [0, 0.05) is 54.5 Å². The zero-order valence-electron chi connectivity index (χ0n) is 22.5. The Balaban J connectivity index is 1.48. The van der Waals surface area contributed by atoms with Crippen LogP contribution in [0.25, 0.3) is 11.1 Å². The number of carbonyl (C=O) groups is 1. The molecule has 4 heterocycles. The molecule has 0 bridgehead atoms. The van der Waals surface area contributed by atoms with Crippen molar-refractivity contribution in [1.29, 1.82) is 0 Å². The quantitative estimate of drug-likeness (QED) is 0.565. The number of amides is 1. The summed E-state index contributed by atoms with van der Waals surface area (Å²) in [6, 6.07) is 4.63. The van der Waals surface area contributed by atoms with Gasteiger partial charge < -0.3 is 29.4 Å². The Morgan fingerprint density at radius 1 is 1.20 bits per heavy atom. The van der Waals surface area contributed by atoms with Gasteiger partial charge in [0.2, 0.25) is 12.3 Å². The van der Waals surface area contributed by atoms with Crippen LogP contribution in [0.5, 0.6) is 5.75 Å². The standard InChI is InChI=1S/C29H32ClF2N5O3/c1-4-24(38)35-12-17(3)36(13-16(35)2)28-21-11-22(30)25(20-7-6-18(31)10-23(20)32)27-26(21)37(29(39)33-28)19(15-40-27)14-34-8-5-9-34/h4,6-7,10-11,16-17,19,29,39H,1,5,8-9,12-15H2,2-3H3/t16-,17+,19-,29?/m1/s1. The average Bonchev–Trinajstić information content (AvgIpc) is 2.89. The van der Waals surface area contributed by atoms with Crippen LogP contribution in [0.1, 0.15) is 25.8 Å². The predicted molar refractivity (Wildman–Crippen MR) is 150 cm³/mol. The lowest BCUT2D eigenvalue weighted by Gasteiger charge is -2.50. The van der Waals surface area contributed by atoms with Crippen LogP contribution in [0.15, 0.2) is 41.9 Å². The molecule has 40 heavy (non-hydrogen) atoms. The van der Waals surface area contributed by atoms with Crippen molar-refractivity contribution in [2.24, 2.45) is 4.99 Å². The van der Waals surface area contributed by atoms with Gasteiger partial charge in [-0.1, -0.05) is 18.2 Å². The monoisotopic (exact) mass is 571 g/mol. The van der Waals surface area contributed by atoms with Gasteiger partial charge in [-0.15, -0.1) is 0 Å². The average molecular weight is 572 g/mol. The van der Waals surface area contributed by atoms with Gasteiger partial charge in [0.15, 0.2) is 5.75 Å². The fraction of sp³-hybridized carbons (Fsp3) is 0.448. The first kappa shape index (κ1) is 27.0. The molecule has 0 spiro atoms. The van der Waals surface area contributed by atoms with Crippen molar-refractivity contribution in [2.45, 2.75) is 44.7 Å². The van der Waals surface area contributed by atoms with E-state index < -0.39 is 18.0 Å². The highest BCUT2D eigenvalue weighted by molar-refractivity contribution is 6.35. The second-order valence-electron chi connectivity index (χ2n) is 11.0. The molecule has 4 aliphatic heterocycles. The van der Waals surface area contributed by atoms with Gasteiger partial charge in [-0.25, -0.2) is 13.8 Å². The molecule has 2 saturated heterocycles. The topological polar surface area (TPSA) is 71.8 Å². The molecule has 2 aromatic rings. The molecule has 4 atom stereocenters. The number of likely N-dealkylation sites (tertiary alicyclic amines) is 1. The van der Waals surface area contributed by atoms with Gasteiger partial charge in [0.1, 0.15) is 24.1 Å². The number of piperazine rings is 1. The number of amidine groups is 1. The second kappa shape index (κ2) is 10.3. The molecule has 0 aliphatic carbocycles. The third-order valence-electron chi connectivity index (χ3n) is 8.34. The maximum atomic E-state index is 15.1.